The van der Waals surface area contributed by atoms with Gasteiger partial charge in [0.05, 0.1) is 0 Å². The lowest BCUT2D eigenvalue weighted by Crippen LogP contribution is -2.54. The predicted molar refractivity (Wildman–Crippen MR) is 73.9 cm³/mol. The summed E-state index contributed by atoms with van der Waals surface area (Å²) in [6.07, 6.45) is 9.56. The molecule has 2 unspecified atom stereocenters. The lowest BCUT2D eigenvalue weighted by molar-refractivity contribution is 0.185. The number of nitrogens with two attached hydrogens (primary N) is 1. The zero-order valence-electron chi connectivity index (χ0n) is 11.7. The Morgan fingerprint density at radius 1 is 1.29 bits per heavy atom. The second-order valence-corrected chi connectivity index (χ2v) is 6.57. The third-order valence-electron chi connectivity index (χ3n) is 5.17. The smallest absolute Gasteiger partial charge is 0.0304 e. The maximum absolute atomic E-state index is 6.04. The van der Waals surface area contributed by atoms with Crippen molar-refractivity contribution in [2.45, 2.75) is 64.3 Å². The summed E-state index contributed by atoms with van der Waals surface area (Å²) in [7, 11) is 0. The summed E-state index contributed by atoms with van der Waals surface area (Å²) in [6, 6.07) is 0. The van der Waals surface area contributed by atoms with Crippen molar-refractivity contribution in [3.63, 3.8) is 0 Å². The Balaban J connectivity index is 1.76. The van der Waals surface area contributed by atoms with Crippen LogP contribution in [0.15, 0.2) is 0 Å². The molecule has 0 radical (unpaired) electrons. The molecule has 17 heavy (non-hydrogen) atoms. The number of nitrogens with one attached hydrogen (secondary N) is 1. The molecule has 2 aliphatic rings. The Labute approximate surface area is 107 Å². The zero-order valence-corrected chi connectivity index (χ0v) is 11.7. The van der Waals surface area contributed by atoms with E-state index in [1.54, 1.807) is 0 Å². The molecule has 2 fully saturated rings. The van der Waals surface area contributed by atoms with Crippen LogP contribution in [0.1, 0.15) is 58.8 Å². The van der Waals surface area contributed by atoms with Gasteiger partial charge in [-0.05, 0) is 56.4 Å². The first kappa shape index (κ1) is 13.4. The van der Waals surface area contributed by atoms with Crippen molar-refractivity contribution >= 4 is 0 Å². The molecule has 2 aliphatic carbocycles. The zero-order chi connectivity index (χ0) is 12.3. The average molecular weight is 238 g/mol. The molecule has 0 amide bonds. The fourth-order valence-corrected chi connectivity index (χ4v) is 3.41. The predicted octanol–water partition coefficient (Wildman–Crippen LogP) is 2.92. The van der Waals surface area contributed by atoms with Gasteiger partial charge in [-0.25, -0.2) is 0 Å². The van der Waals surface area contributed by atoms with Gasteiger partial charge in [0.25, 0.3) is 0 Å². The van der Waals surface area contributed by atoms with Crippen molar-refractivity contribution in [2.75, 3.05) is 13.1 Å². The van der Waals surface area contributed by atoms with Crippen LogP contribution in [-0.2, 0) is 0 Å². The molecule has 0 aromatic heterocycles. The minimum Gasteiger partial charge on any atom is -0.329 e. The fraction of sp³-hybridized carbons (Fsp3) is 1.00. The summed E-state index contributed by atoms with van der Waals surface area (Å²) < 4.78 is 0. The molecule has 0 bridgehead atoms. The highest BCUT2D eigenvalue weighted by Crippen LogP contribution is 2.39. The number of hydrogen-bond donors (Lipinski definition) is 2. The highest BCUT2D eigenvalue weighted by Gasteiger charge is 2.37. The Morgan fingerprint density at radius 2 is 1.94 bits per heavy atom. The fourth-order valence-electron chi connectivity index (χ4n) is 3.41. The van der Waals surface area contributed by atoms with E-state index in [-0.39, 0.29) is 5.54 Å². The maximum atomic E-state index is 6.04. The highest BCUT2D eigenvalue weighted by molar-refractivity contribution is 4.96. The molecule has 2 heteroatoms. The lowest BCUT2D eigenvalue weighted by Gasteiger charge is -2.40. The van der Waals surface area contributed by atoms with Gasteiger partial charge in [-0.3, -0.25) is 0 Å². The molecular weight excluding hydrogens is 208 g/mol. The van der Waals surface area contributed by atoms with Crippen LogP contribution < -0.4 is 11.1 Å². The maximum Gasteiger partial charge on any atom is 0.0304 e. The molecule has 2 nitrogen and oxygen atoms in total. The van der Waals surface area contributed by atoms with E-state index >= 15 is 0 Å². The van der Waals surface area contributed by atoms with Crippen molar-refractivity contribution in [1.82, 2.24) is 5.32 Å². The second kappa shape index (κ2) is 5.71. The topological polar surface area (TPSA) is 38.0 Å². The van der Waals surface area contributed by atoms with E-state index in [9.17, 15) is 0 Å². The first-order valence-corrected chi connectivity index (χ1v) is 7.64. The molecule has 0 aromatic carbocycles. The van der Waals surface area contributed by atoms with Crippen LogP contribution in [-0.4, -0.2) is 18.6 Å². The van der Waals surface area contributed by atoms with Crippen LogP contribution in [0.4, 0.5) is 0 Å². The van der Waals surface area contributed by atoms with Crippen molar-refractivity contribution in [2.24, 2.45) is 23.5 Å². The van der Waals surface area contributed by atoms with Crippen molar-refractivity contribution < 1.29 is 0 Å². The van der Waals surface area contributed by atoms with Crippen molar-refractivity contribution in [1.29, 1.82) is 0 Å². The average Bonchev–Trinajstić information content (AvgIpc) is 3.06. The van der Waals surface area contributed by atoms with Crippen molar-refractivity contribution in [3.05, 3.63) is 0 Å². The van der Waals surface area contributed by atoms with E-state index in [2.05, 4.69) is 19.2 Å². The summed E-state index contributed by atoms with van der Waals surface area (Å²) in [4.78, 5) is 0. The van der Waals surface area contributed by atoms with Gasteiger partial charge in [-0.1, -0.05) is 26.7 Å². The van der Waals surface area contributed by atoms with Gasteiger partial charge in [-0.15, -0.1) is 0 Å². The lowest BCUT2D eigenvalue weighted by atomic mass is 9.75. The number of hydrogen-bond acceptors (Lipinski definition) is 2. The first-order chi connectivity index (χ1) is 8.19. The Kier molecular flexibility index (Phi) is 4.48. The van der Waals surface area contributed by atoms with Crippen LogP contribution in [0.3, 0.4) is 0 Å². The minimum absolute atomic E-state index is 0.284. The van der Waals surface area contributed by atoms with E-state index in [1.165, 1.54) is 51.5 Å². The normalized spacial score (nSPS) is 41.5. The van der Waals surface area contributed by atoms with E-state index in [4.69, 9.17) is 5.73 Å². The third kappa shape index (κ3) is 3.45. The largest absolute Gasteiger partial charge is 0.329 e. The summed E-state index contributed by atoms with van der Waals surface area (Å²) in [5, 5.41) is 3.81. The van der Waals surface area contributed by atoms with Gasteiger partial charge in [0.15, 0.2) is 0 Å². The summed E-state index contributed by atoms with van der Waals surface area (Å²) >= 11 is 0. The molecule has 2 atom stereocenters. The Bertz CT molecular complexity index is 231. The molecule has 3 N–H and O–H groups in total. The van der Waals surface area contributed by atoms with Gasteiger partial charge in [0, 0.05) is 12.1 Å². The summed E-state index contributed by atoms with van der Waals surface area (Å²) in [5.41, 5.74) is 6.32. The van der Waals surface area contributed by atoms with Crippen LogP contribution in [0.2, 0.25) is 0 Å². The van der Waals surface area contributed by atoms with Gasteiger partial charge in [0.1, 0.15) is 0 Å². The van der Waals surface area contributed by atoms with E-state index in [1.807, 2.05) is 0 Å². The molecule has 2 rings (SSSR count). The highest BCUT2D eigenvalue weighted by atomic mass is 15.0. The first-order valence-electron chi connectivity index (χ1n) is 7.64. The van der Waals surface area contributed by atoms with E-state index in [0.29, 0.717) is 0 Å². The Morgan fingerprint density at radius 3 is 2.41 bits per heavy atom. The summed E-state index contributed by atoms with van der Waals surface area (Å²) in [6.45, 7) is 6.70. The standard InChI is InChI=1S/C15H30N2/c1-3-4-13-5-7-15(11-16,8-6-13)17-10-14-9-12(14)2/h12-14,17H,3-11,16H2,1-2H3. The molecule has 0 aliphatic heterocycles. The van der Waals surface area contributed by atoms with Crippen molar-refractivity contribution in [3.8, 4) is 0 Å². The quantitative estimate of drug-likeness (QED) is 0.746. The minimum atomic E-state index is 0.284. The van der Waals surface area contributed by atoms with E-state index < -0.39 is 0 Å². The van der Waals surface area contributed by atoms with Gasteiger partial charge in [-0.2, -0.15) is 0 Å². The number of rotatable bonds is 6. The monoisotopic (exact) mass is 238 g/mol. The molecule has 0 heterocycles. The SMILES string of the molecule is CCCC1CCC(CN)(NCC2CC2C)CC1. The molecule has 0 aromatic rings. The molecule has 100 valence electrons. The van der Waals surface area contributed by atoms with Gasteiger partial charge in [0.2, 0.25) is 0 Å². The molecule has 0 spiro atoms. The van der Waals surface area contributed by atoms with Gasteiger partial charge >= 0.3 is 0 Å². The van der Waals surface area contributed by atoms with E-state index in [0.717, 1.165) is 24.3 Å². The molecule has 2 saturated carbocycles. The molecule has 0 saturated heterocycles. The van der Waals surface area contributed by atoms with Gasteiger partial charge < -0.3 is 11.1 Å². The van der Waals surface area contributed by atoms with Crippen LogP contribution in [0, 0.1) is 17.8 Å². The van der Waals surface area contributed by atoms with Crippen LogP contribution >= 0.6 is 0 Å². The Hall–Kier alpha value is -0.0800. The van der Waals surface area contributed by atoms with Crippen LogP contribution in [0.25, 0.3) is 0 Å². The van der Waals surface area contributed by atoms with Crippen LogP contribution in [0.5, 0.6) is 0 Å². The third-order valence-corrected chi connectivity index (χ3v) is 5.17. The molecular formula is C15H30N2. The second-order valence-electron chi connectivity index (χ2n) is 6.57. The summed E-state index contributed by atoms with van der Waals surface area (Å²) in [5.74, 6) is 2.86.